The molecule has 0 aromatic heterocycles. The third-order valence-electron chi connectivity index (χ3n) is 1.45. The van der Waals surface area contributed by atoms with Crippen molar-refractivity contribution >= 4 is 12.2 Å². The first-order valence-electron chi connectivity index (χ1n) is 3.79. The van der Waals surface area contributed by atoms with Gasteiger partial charge < -0.3 is 15.6 Å². The van der Waals surface area contributed by atoms with Crippen molar-refractivity contribution in [1.29, 1.82) is 5.41 Å². The summed E-state index contributed by atoms with van der Waals surface area (Å²) in [4.78, 5) is 10.4. The summed E-state index contributed by atoms with van der Waals surface area (Å²) >= 11 is 0. The van der Waals surface area contributed by atoms with Crippen LogP contribution in [0.25, 0.3) is 0 Å². The number of aliphatic hydroxyl groups excluding tert-OH is 1. The second kappa shape index (κ2) is 5.35. The summed E-state index contributed by atoms with van der Waals surface area (Å²) in [6.07, 6.45) is 2.60. The first kappa shape index (κ1) is 10.7. The number of nitrogens with one attached hydrogen (secondary N) is 1. The van der Waals surface area contributed by atoms with Crippen molar-refractivity contribution in [3.8, 4) is 0 Å². The first-order chi connectivity index (χ1) is 5.63. The number of rotatable bonds is 5. The summed E-state index contributed by atoms with van der Waals surface area (Å²) in [5.74, 6) is -1.46. The van der Waals surface area contributed by atoms with Crippen LogP contribution in [0.4, 0.5) is 0 Å². The van der Waals surface area contributed by atoms with Crippen molar-refractivity contribution in [2.75, 3.05) is 0 Å². The van der Waals surface area contributed by atoms with Gasteiger partial charge in [0.1, 0.15) is 11.3 Å². The van der Waals surface area contributed by atoms with Gasteiger partial charge in [-0.05, 0) is 6.42 Å². The van der Waals surface area contributed by atoms with E-state index in [-0.39, 0.29) is 11.3 Å². The predicted octanol–water partition coefficient (Wildman–Crippen LogP) is 1.72. The molecule has 0 aromatic rings. The fourth-order valence-corrected chi connectivity index (χ4v) is 0.747. The standard InChI is InChI=1S/C8H13NO3/c1-2-3-4-7(10)6(5-9)8(11)12/h5,9-10H,2-4H2,1H3,(H,11,12)/b7-6+,9-5?. The number of hydrogen-bond donors (Lipinski definition) is 3. The smallest absolute Gasteiger partial charge is 0.340 e. The van der Waals surface area contributed by atoms with Gasteiger partial charge in [-0.25, -0.2) is 4.79 Å². The Kier molecular flexibility index (Phi) is 4.76. The van der Waals surface area contributed by atoms with E-state index >= 15 is 0 Å². The van der Waals surface area contributed by atoms with Crippen molar-refractivity contribution in [2.45, 2.75) is 26.2 Å². The van der Waals surface area contributed by atoms with E-state index in [1.165, 1.54) is 0 Å². The fourth-order valence-electron chi connectivity index (χ4n) is 0.747. The third kappa shape index (κ3) is 3.18. The van der Waals surface area contributed by atoms with Crippen molar-refractivity contribution in [3.05, 3.63) is 11.3 Å². The van der Waals surface area contributed by atoms with Crippen molar-refractivity contribution in [1.82, 2.24) is 0 Å². The number of unbranched alkanes of at least 4 members (excludes halogenated alkanes) is 1. The SMILES string of the molecule is CCCC/C(O)=C(/C=N)C(=O)O. The molecule has 0 saturated carbocycles. The van der Waals surface area contributed by atoms with Crippen LogP contribution in [0, 0.1) is 5.41 Å². The summed E-state index contributed by atoms with van der Waals surface area (Å²) in [5.41, 5.74) is -0.316. The highest BCUT2D eigenvalue weighted by Gasteiger charge is 2.09. The number of carboxylic acids is 1. The zero-order valence-electron chi connectivity index (χ0n) is 7.00. The molecule has 0 bridgehead atoms. The largest absolute Gasteiger partial charge is 0.511 e. The fraction of sp³-hybridized carbons (Fsp3) is 0.500. The number of aliphatic carboxylic acids is 1. The van der Waals surface area contributed by atoms with Gasteiger partial charge in [0.05, 0.1) is 0 Å². The molecular weight excluding hydrogens is 158 g/mol. The van der Waals surface area contributed by atoms with Crippen LogP contribution in [-0.2, 0) is 4.79 Å². The molecule has 0 aliphatic rings. The van der Waals surface area contributed by atoms with Crippen molar-refractivity contribution < 1.29 is 15.0 Å². The van der Waals surface area contributed by atoms with Crippen LogP contribution in [0.15, 0.2) is 11.3 Å². The molecule has 0 heterocycles. The maximum absolute atomic E-state index is 10.4. The predicted molar refractivity (Wildman–Crippen MR) is 45.6 cm³/mol. The van der Waals surface area contributed by atoms with Crippen molar-refractivity contribution in [3.63, 3.8) is 0 Å². The molecule has 0 fully saturated rings. The van der Waals surface area contributed by atoms with E-state index in [1.807, 2.05) is 6.92 Å². The molecule has 0 amide bonds. The van der Waals surface area contributed by atoms with Crippen LogP contribution in [-0.4, -0.2) is 22.4 Å². The minimum atomic E-state index is -1.25. The number of carbonyl (C=O) groups is 1. The zero-order valence-corrected chi connectivity index (χ0v) is 7.00. The van der Waals surface area contributed by atoms with E-state index in [4.69, 9.17) is 15.6 Å². The first-order valence-corrected chi connectivity index (χ1v) is 3.79. The monoisotopic (exact) mass is 171 g/mol. The third-order valence-corrected chi connectivity index (χ3v) is 1.45. The van der Waals surface area contributed by atoms with Gasteiger partial charge in [0.15, 0.2) is 0 Å². The molecule has 4 nitrogen and oxygen atoms in total. The highest BCUT2D eigenvalue weighted by molar-refractivity contribution is 6.07. The van der Waals surface area contributed by atoms with Crippen LogP contribution in [0.5, 0.6) is 0 Å². The van der Waals surface area contributed by atoms with Crippen LogP contribution in [0.2, 0.25) is 0 Å². The molecule has 0 unspecified atom stereocenters. The molecule has 0 spiro atoms. The van der Waals surface area contributed by atoms with E-state index in [2.05, 4.69) is 0 Å². The Balaban J connectivity index is 4.38. The van der Waals surface area contributed by atoms with Crippen LogP contribution in [0.1, 0.15) is 26.2 Å². The number of hydrogen-bond acceptors (Lipinski definition) is 3. The van der Waals surface area contributed by atoms with Gasteiger partial charge in [-0.3, -0.25) is 0 Å². The van der Waals surface area contributed by atoms with Gasteiger partial charge >= 0.3 is 5.97 Å². The summed E-state index contributed by atoms with van der Waals surface area (Å²) in [7, 11) is 0. The van der Waals surface area contributed by atoms with E-state index in [0.717, 1.165) is 12.8 Å². The average molecular weight is 171 g/mol. The molecule has 4 heteroatoms. The topological polar surface area (TPSA) is 81.4 Å². The second-order valence-corrected chi connectivity index (χ2v) is 2.41. The lowest BCUT2D eigenvalue weighted by molar-refractivity contribution is -0.132. The van der Waals surface area contributed by atoms with Gasteiger partial charge in [0.25, 0.3) is 0 Å². The molecule has 0 aliphatic heterocycles. The van der Waals surface area contributed by atoms with E-state index < -0.39 is 5.97 Å². The lowest BCUT2D eigenvalue weighted by Gasteiger charge is -2.00. The highest BCUT2D eigenvalue weighted by atomic mass is 16.4. The Bertz CT molecular complexity index is 208. The molecule has 0 atom stereocenters. The Hall–Kier alpha value is -1.32. The zero-order chi connectivity index (χ0) is 9.56. The summed E-state index contributed by atoms with van der Waals surface area (Å²) in [5, 5.41) is 24.4. The molecule has 0 saturated heterocycles. The molecular formula is C8H13NO3. The molecule has 0 aromatic carbocycles. The normalized spacial score (nSPS) is 12.1. The van der Waals surface area contributed by atoms with Gasteiger partial charge in [0.2, 0.25) is 0 Å². The van der Waals surface area contributed by atoms with E-state index in [0.29, 0.717) is 12.6 Å². The summed E-state index contributed by atoms with van der Waals surface area (Å²) in [6.45, 7) is 1.94. The van der Waals surface area contributed by atoms with Crippen LogP contribution < -0.4 is 0 Å². The van der Waals surface area contributed by atoms with Gasteiger partial charge in [-0.15, -0.1) is 0 Å². The van der Waals surface area contributed by atoms with Gasteiger partial charge in [0, 0.05) is 12.6 Å². The summed E-state index contributed by atoms with van der Waals surface area (Å²) in [6, 6.07) is 0. The van der Waals surface area contributed by atoms with E-state index in [1.54, 1.807) is 0 Å². The van der Waals surface area contributed by atoms with Gasteiger partial charge in [-0.1, -0.05) is 13.3 Å². The minimum Gasteiger partial charge on any atom is -0.511 e. The quantitative estimate of drug-likeness (QED) is 0.334. The second-order valence-electron chi connectivity index (χ2n) is 2.41. The van der Waals surface area contributed by atoms with Gasteiger partial charge in [-0.2, -0.15) is 0 Å². The maximum Gasteiger partial charge on any atom is 0.340 e. The Labute approximate surface area is 71.0 Å². The Morgan fingerprint density at radius 3 is 2.42 bits per heavy atom. The molecule has 0 aliphatic carbocycles. The molecule has 0 rings (SSSR count). The summed E-state index contributed by atoms with van der Waals surface area (Å²) < 4.78 is 0. The number of allylic oxidation sites excluding steroid dienone is 1. The maximum atomic E-state index is 10.4. The molecule has 3 N–H and O–H groups in total. The van der Waals surface area contributed by atoms with Crippen LogP contribution in [0.3, 0.4) is 0 Å². The Morgan fingerprint density at radius 2 is 2.08 bits per heavy atom. The minimum absolute atomic E-state index is 0.209. The highest BCUT2D eigenvalue weighted by Crippen LogP contribution is 2.08. The lowest BCUT2D eigenvalue weighted by atomic mass is 10.1. The molecule has 0 radical (unpaired) electrons. The Morgan fingerprint density at radius 1 is 1.50 bits per heavy atom. The van der Waals surface area contributed by atoms with E-state index in [9.17, 15) is 4.79 Å². The number of aliphatic hydroxyl groups is 1. The van der Waals surface area contributed by atoms with Crippen molar-refractivity contribution in [2.24, 2.45) is 0 Å². The molecule has 68 valence electrons. The average Bonchev–Trinajstić information content (AvgIpc) is 2.01. The number of carboxylic acid groups (broad SMARTS) is 1. The van der Waals surface area contributed by atoms with Crippen LogP contribution >= 0.6 is 0 Å². The molecule has 12 heavy (non-hydrogen) atoms. The lowest BCUT2D eigenvalue weighted by Crippen LogP contribution is -2.05.